The molecule has 0 saturated heterocycles. The molecule has 134 valence electrons. The van der Waals surface area contributed by atoms with Gasteiger partial charge in [0, 0.05) is 6.54 Å². The van der Waals surface area contributed by atoms with Crippen molar-refractivity contribution in [2.75, 3.05) is 13.2 Å². The van der Waals surface area contributed by atoms with Crippen LogP contribution in [0.4, 0.5) is 0 Å². The Morgan fingerprint density at radius 3 is 2.25 bits per heavy atom. The minimum absolute atomic E-state index is 0.169. The van der Waals surface area contributed by atoms with E-state index in [-0.39, 0.29) is 24.9 Å². The van der Waals surface area contributed by atoms with Crippen LogP contribution in [0.2, 0.25) is 0 Å². The zero-order chi connectivity index (χ0) is 18.0. The molecule has 0 atom stereocenters. The molecule has 0 fully saturated rings. The van der Waals surface area contributed by atoms with Crippen molar-refractivity contribution in [1.82, 2.24) is 5.32 Å². The van der Waals surface area contributed by atoms with Crippen molar-refractivity contribution < 1.29 is 19.1 Å². The molecule has 0 saturated carbocycles. The summed E-state index contributed by atoms with van der Waals surface area (Å²) in [6.45, 7) is 8.82. The Balaban J connectivity index is 2.32. The third kappa shape index (κ3) is 9.30. The van der Waals surface area contributed by atoms with E-state index in [2.05, 4.69) is 12.2 Å². The molecule has 0 aliphatic heterocycles. The number of hydrogen-bond donors (Lipinski definition) is 1. The molecule has 24 heavy (non-hydrogen) atoms. The van der Waals surface area contributed by atoms with E-state index in [1.807, 2.05) is 45.0 Å². The molecule has 1 N–H and O–H groups in total. The van der Waals surface area contributed by atoms with Crippen LogP contribution in [0.3, 0.4) is 0 Å². The molecule has 0 radical (unpaired) electrons. The van der Waals surface area contributed by atoms with Gasteiger partial charge >= 0.3 is 11.9 Å². The Labute approximate surface area is 144 Å². The molecule has 5 heteroatoms. The average molecular weight is 335 g/mol. The number of carbonyl (C=O) groups excluding carboxylic acids is 2. The number of unbranched alkanes of at least 4 members (excludes halogenated alkanes) is 1. The molecule has 0 aliphatic rings. The van der Waals surface area contributed by atoms with E-state index in [1.165, 1.54) is 0 Å². The lowest BCUT2D eigenvalue weighted by Gasteiger charge is -2.19. The maximum absolute atomic E-state index is 11.6. The molecule has 1 rings (SSSR count). The zero-order valence-corrected chi connectivity index (χ0v) is 15.2. The summed E-state index contributed by atoms with van der Waals surface area (Å²) >= 11 is 0. The van der Waals surface area contributed by atoms with Gasteiger partial charge in [0.15, 0.2) is 0 Å². The predicted molar refractivity (Wildman–Crippen MR) is 93.6 cm³/mol. The van der Waals surface area contributed by atoms with Crippen molar-refractivity contribution in [1.29, 1.82) is 0 Å². The van der Waals surface area contributed by atoms with Gasteiger partial charge < -0.3 is 14.8 Å². The first-order chi connectivity index (χ1) is 11.3. The highest BCUT2D eigenvalue weighted by atomic mass is 16.6. The van der Waals surface area contributed by atoms with Crippen molar-refractivity contribution in [3.8, 4) is 0 Å². The molecule has 0 bridgehead atoms. The summed E-state index contributed by atoms with van der Waals surface area (Å²) in [5.74, 6) is -0.465. The predicted octanol–water partition coefficient (Wildman–Crippen LogP) is 3.00. The van der Waals surface area contributed by atoms with Crippen LogP contribution in [-0.4, -0.2) is 30.7 Å². The molecular weight excluding hydrogens is 306 g/mol. The van der Waals surface area contributed by atoms with Gasteiger partial charge in [-0.1, -0.05) is 37.6 Å². The van der Waals surface area contributed by atoms with Gasteiger partial charge in [-0.2, -0.15) is 0 Å². The van der Waals surface area contributed by atoms with Crippen LogP contribution in [0.15, 0.2) is 24.3 Å². The fourth-order valence-corrected chi connectivity index (χ4v) is 2.01. The zero-order valence-electron chi connectivity index (χ0n) is 15.2. The lowest BCUT2D eigenvalue weighted by molar-refractivity contribution is -0.153. The van der Waals surface area contributed by atoms with Crippen molar-refractivity contribution in [2.24, 2.45) is 0 Å². The van der Waals surface area contributed by atoms with Gasteiger partial charge in [0.2, 0.25) is 0 Å². The Morgan fingerprint density at radius 2 is 1.67 bits per heavy atom. The lowest BCUT2D eigenvalue weighted by Crippen LogP contribution is -2.31. The molecule has 5 nitrogen and oxygen atoms in total. The first-order valence-corrected chi connectivity index (χ1v) is 8.46. The Hall–Kier alpha value is -1.88. The number of esters is 2. The fourth-order valence-electron chi connectivity index (χ4n) is 2.01. The molecule has 0 aliphatic carbocycles. The third-order valence-corrected chi connectivity index (χ3v) is 3.15. The molecule has 0 heterocycles. The molecule has 1 aromatic rings. The Kier molecular flexibility index (Phi) is 8.47. The maximum Gasteiger partial charge on any atom is 0.320 e. The topological polar surface area (TPSA) is 64.6 Å². The van der Waals surface area contributed by atoms with E-state index in [0.717, 1.165) is 24.0 Å². The van der Waals surface area contributed by atoms with E-state index in [1.54, 1.807) is 0 Å². The van der Waals surface area contributed by atoms with Gasteiger partial charge in [-0.05, 0) is 38.3 Å². The summed E-state index contributed by atoms with van der Waals surface area (Å²) in [6, 6.07) is 7.70. The minimum atomic E-state index is -0.466. The molecule has 0 unspecified atom stereocenters. The molecule has 0 spiro atoms. The second-order valence-corrected chi connectivity index (χ2v) is 6.76. The van der Waals surface area contributed by atoms with E-state index in [0.29, 0.717) is 13.2 Å². The summed E-state index contributed by atoms with van der Waals surface area (Å²) < 4.78 is 10.4. The summed E-state index contributed by atoms with van der Waals surface area (Å²) in [7, 11) is 0. The van der Waals surface area contributed by atoms with E-state index >= 15 is 0 Å². The van der Waals surface area contributed by atoms with Gasteiger partial charge in [-0.3, -0.25) is 9.59 Å². The Bertz CT molecular complexity index is 517. The second kappa shape index (κ2) is 10.1. The summed E-state index contributed by atoms with van der Waals surface area (Å²) in [5, 5.41) is 3.05. The normalized spacial score (nSPS) is 11.2. The van der Waals surface area contributed by atoms with E-state index in [9.17, 15) is 9.59 Å². The number of hydrogen-bond acceptors (Lipinski definition) is 5. The highest BCUT2D eigenvalue weighted by molar-refractivity contribution is 5.72. The SMILES string of the molecule is CCCCOC(=O)Cc1ccc(CNCC(=O)OC(C)(C)C)cc1. The van der Waals surface area contributed by atoms with E-state index in [4.69, 9.17) is 9.47 Å². The van der Waals surface area contributed by atoms with Gasteiger partial charge in [-0.25, -0.2) is 0 Å². The first-order valence-electron chi connectivity index (χ1n) is 8.46. The van der Waals surface area contributed by atoms with Crippen LogP contribution >= 0.6 is 0 Å². The van der Waals surface area contributed by atoms with Gasteiger partial charge in [0.25, 0.3) is 0 Å². The van der Waals surface area contributed by atoms with Crippen molar-refractivity contribution >= 4 is 11.9 Å². The largest absolute Gasteiger partial charge is 0.465 e. The Morgan fingerprint density at radius 1 is 1.04 bits per heavy atom. The second-order valence-electron chi connectivity index (χ2n) is 6.76. The smallest absolute Gasteiger partial charge is 0.320 e. The van der Waals surface area contributed by atoms with Gasteiger partial charge in [0.05, 0.1) is 19.6 Å². The summed E-state index contributed by atoms with van der Waals surface area (Å²) in [4.78, 5) is 23.2. The minimum Gasteiger partial charge on any atom is -0.465 e. The molecule has 1 aromatic carbocycles. The van der Waals surface area contributed by atoms with Crippen LogP contribution in [0.5, 0.6) is 0 Å². The number of rotatable bonds is 9. The number of ether oxygens (including phenoxy) is 2. The number of benzene rings is 1. The number of carbonyl (C=O) groups is 2. The van der Waals surface area contributed by atoms with Crippen LogP contribution in [-0.2, 0) is 32.0 Å². The van der Waals surface area contributed by atoms with Gasteiger partial charge in [-0.15, -0.1) is 0 Å². The molecular formula is C19H29NO4. The monoisotopic (exact) mass is 335 g/mol. The highest BCUT2D eigenvalue weighted by Crippen LogP contribution is 2.08. The first kappa shape index (κ1) is 20.2. The van der Waals surface area contributed by atoms with Crippen molar-refractivity contribution in [2.45, 2.75) is 59.1 Å². The van der Waals surface area contributed by atoms with E-state index < -0.39 is 5.60 Å². The van der Waals surface area contributed by atoms with Crippen LogP contribution in [0, 0.1) is 0 Å². The summed E-state index contributed by atoms with van der Waals surface area (Å²) in [5.41, 5.74) is 1.50. The standard InChI is InChI=1S/C19H29NO4/c1-5-6-11-23-17(21)12-15-7-9-16(10-8-15)13-20-14-18(22)24-19(2,3)4/h7-10,20H,5-6,11-14H2,1-4H3. The lowest BCUT2D eigenvalue weighted by atomic mass is 10.1. The highest BCUT2D eigenvalue weighted by Gasteiger charge is 2.15. The van der Waals surface area contributed by atoms with Gasteiger partial charge in [0.1, 0.15) is 5.60 Å². The van der Waals surface area contributed by atoms with Crippen molar-refractivity contribution in [3.05, 3.63) is 35.4 Å². The van der Waals surface area contributed by atoms with Crippen molar-refractivity contribution in [3.63, 3.8) is 0 Å². The maximum atomic E-state index is 11.6. The van der Waals surface area contributed by atoms with Crippen LogP contribution in [0.25, 0.3) is 0 Å². The fraction of sp³-hybridized carbons (Fsp3) is 0.579. The summed E-state index contributed by atoms with van der Waals surface area (Å²) in [6.07, 6.45) is 2.20. The number of nitrogens with one attached hydrogen (secondary N) is 1. The van der Waals surface area contributed by atoms with Crippen LogP contribution < -0.4 is 5.32 Å². The molecule has 0 aromatic heterocycles. The third-order valence-electron chi connectivity index (χ3n) is 3.15. The average Bonchev–Trinajstić information content (AvgIpc) is 2.47. The van der Waals surface area contributed by atoms with Crippen LogP contribution in [0.1, 0.15) is 51.7 Å². The molecule has 0 amide bonds. The quantitative estimate of drug-likeness (QED) is 0.555.